The Morgan fingerprint density at radius 1 is 1.35 bits per heavy atom. The summed E-state index contributed by atoms with van der Waals surface area (Å²) >= 11 is 9.65. The molecule has 20 heavy (non-hydrogen) atoms. The van der Waals surface area contributed by atoms with E-state index in [1.165, 1.54) is 5.56 Å². The highest BCUT2D eigenvalue weighted by atomic mass is 79.9. The molecule has 1 atom stereocenters. The second kappa shape index (κ2) is 7.79. The van der Waals surface area contributed by atoms with E-state index in [0.717, 1.165) is 42.0 Å². The monoisotopic (exact) mass is 355 g/mol. The Morgan fingerprint density at radius 2 is 2.20 bits per heavy atom. The largest absolute Gasteiger partial charge is 0.250 e. The molecule has 0 aliphatic carbocycles. The topological polar surface area (TPSA) is 30.7 Å². The Kier molecular flexibility index (Phi) is 6.05. The highest BCUT2D eigenvalue weighted by Crippen LogP contribution is 2.18. The lowest BCUT2D eigenvalue weighted by Crippen LogP contribution is -2.15. The first kappa shape index (κ1) is 15.5. The molecule has 0 aliphatic rings. The van der Waals surface area contributed by atoms with Crippen LogP contribution >= 0.6 is 27.5 Å². The molecule has 108 valence electrons. The lowest BCUT2D eigenvalue weighted by Gasteiger charge is -2.14. The first-order valence-corrected chi connectivity index (χ1v) is 8.40. The molecule has 0 spiro atoms. The third kappa shape index (κ3) is 4.32. The van der Waals surface area contributed by atoms with E-state index >= 15 is 0 Å². The molecule has 1 heterocycles. The molecule has 0 amide bonds. The molecule has 0 saturated carbocycles. The summed E-state index contributed by atoms with van der Waals surface area (Å²) in [5.41, 5.74) is 1.27. The quantitative estimate of drug-likeness (QED) is 0.698. The number of aromatic nitrogens is 3. The molecule has 3 nitrogen and oxygen atoms in total. The number of hydrogen-bond donors (Lipinski definition) is 0. The number of hydrogen-bond acceptors (Lipinski definition) is 2. The second-order valence-corrected chi connectivity index (χ2v) is 6.04. The van der Waals surface area contributed by atoms with Gasteiger partial charge in [-0.05, 0) is 36.5 Å². The molecular formula is C15H19BrClN3. The van der Waals surface area contributed by atoms with Crippen molar-refractivity contribution in [2.24, 2.45) is 5.92 Å². The van der Waals surface area contributed by atoms with Crippen molar-refractivity contribution in [2.75, 3.05) is 5.33 Å². The van der Waals surface area contributed by atoms with Crippen molar-refractivity contribution in [3.05, 3.63) is 47.0 Å². The summed E-state index contributed by atoms with van der Waals surface area (Å²) in [6, 6.07) is 8.07. The van der Waals surface area contributed by atoms with Crippen LogP contribution in [0, 0.1) is 5.92 Å². The molecule has 1 aromatic heterocycles. The van der Waals surface area contributed by atoms with Crippen LogP contribution in [-0.4, -0.2) is 20.1 Å². The van der Waals surface area contributed by atoms with E-state index in [9.17, 15) is 0 Å². The number of halogens is 2. The van der Waals surface area contributed by atoms with E-state index in [0.29, 0.717) is 5.92 Å². The fourth-order valence-electron chi connectivity index (χ4n) is 2.28. The van der Waals surface area contributed by atoms with Gasteiger partial charge in [-0.2, -0.15) is 5.10 Å². The van der Waals surface area contributed by atoms with E-state index < -0.39 is 0 Å². The highest BCUT2D eigenvalue weighted by molar-refractivity contribution is 9.09. The second-order valence-electron chi connectivity index (χ2n) is 4.96. The molecule has 0 bridgehead atoms. The van der Waals surface area contributed by atoms with Crippen LogP contribution in [0.3, 0.4) is 0 Å². The third-order valence-corrected chi connectivity index (χ3v) is 4.38. The minimum Gasteiger partial charge on any atom is -0.250 e. The fraction of sp³-hybridized carbons (Fsp3) is 0.467. The number of alkyl halides is 1. The van der Waals surface area contributed by atoms with Crippen molar-refractivity contribution >= 4 is 27.5 Å². The smallest absolute Gasteiger partial charge is 0.138 e. The van der Waals surface area contributed by atoms with Gasteiger partial charge in [0.15, 0.2) is 0 Å². The van der Waals surface area contributed by atoms with Gasteiger partial charge in [-0.15, -0.1) is 0 Å². The molecular weight excluding hydrogens is 338 g/mol. The minimum atomic E-state index is 0.494. The van der Waals surface area contributed by atoms with Gasteiger partial charge in [-0.3, -0.25) is 4.68 Å². The molecule has 0 radical (unpaired) electrons. The van der Waals surface area contributed by atoms with Crippen molar-refractivity contribution in [1.29, 1.82) is 0 Å². The Bertz CT molecular complexity index is 541. The van der Waals surface area contributed by atoms with E-state index in [-0.39, 0.29) is 0 Å². The first-order valence-electron chi connectivity index (χ1n) is 6.90. The summed E-state index contributed by atoms with van der Waals surface area (Å²) in [7, 11) is 0. The molecule has 0 aliphatic heterocycles. The van der Waals surface area contributed by atoms with Gasteiger partial charge in [0.25, 0.3) is 0 Å². The van der Waals surface area contributed by atoms with E-state index in [1.807, 2.05) is 22.9 Å². The van der Waals surface area contributed by atoms with Crippen molar-refractivity contribution in [3.8, 4) is 0 Å². The molecule has 5 heteroatoms. The summed E-state index contributed by atoms with van der Waals surface area (Å²) in [4.78, 5) is 4.39. The van der Waals surface area contributed by atoms with E-state index in [4.69, 9.17) is 11.6 Å². The first-order chi connectivity index (χ1) is 9.72. The average molecular weight is 357 g/mol. The molecule has 0 fully saturated rings. The number of nitrogens with zero attached hydrogens (tertiary/aromatic N) is 3. The highest BCUT2D eigenvalue weighted by Gasteiger charge is 2.14. The van der Waals surface area contributed by atoms with Crippen LogP contribution in [0.15, 0.2) is 30.6 Å². The Balaban J connectivity index is 2.03. The maximum Gasteiger partial charge on any atom is 0.138 e. The molecule has 2 rings (SSSR count). The Morgan fingerprint density at radius 3 is 2.90 bits per heavy atom. The maximum absolute atomic E-state index is 6.04. The van der Waals surface area contributed by atoms with E-state index in [1.54, 1.807) is 6.33 Å². The standard InChI is InChI=1S/C15H19BrClN3/c1-2-6-20-15(18-11-19-20)9-13(10-16)7-12-4-3-5-14(17)8-12/h3-5,8,11,13H,2,6-7,9-10H2,1H3. The summed E-state index contributed by atoms with van der Waals surface area (Å²) < 4.78 is 2.01. The molecule has 0 N–H and O–H groups in total. The summed E-state index contributed by atoms with van der Waals surface area (Å²) in [5, 5.41) is 6.02. The van der Waals surface area contributed by atoms with Crippen LogP contribution in [0.2, 0.25) is 5.02 Å². The Hall–Kier alpha value is -0.870. The van der Waals surface area contributed by atoms with Gasteiger partial charge in [-0.1, -0.05) is 46.6 Å². The van der Waals surface area contributed by atoms with Crippen LogP contribution < -0.4 is 0 Å². The Labute approximate surface area is 133 Å². The van der Waals surface area contributed by atoms with Crippen LogP contribution in [-0.2, 0) is 19.4 Å². The zero-order valence-electron chi connectivity index (χ0n) is 11.6. The van der Waals surface area contributed by atoms with Crippen LogP contribution in [0.4, 0.5) is 0 Å². The maximum atomic E-state index is 6.04. The third-order valence-electron chi connectivity index (χ3n) is 3.23. The lowest BCUT2D eigenvalue weighted by molar-refractivity contribution is 0.511. The van der Waals surface area contributed by atoms with Gasteiger partial charge in [0, 0.05) is 23.3 Å². The predicted molar refractivity (Wildman–Crippen MR) is 86.5 cm³/mol. The van der Waals surface area contributed by atoms with Crippen molar-refractivity contribution in [2.45, 2.75) is 32.7 Å². The van der Waals surface area contributed by atoms with Gasteiger partial charge in [0.05, 0.1) is 0 Å². The predicted octanol–water partition coefficient (Wildman–Crippen LogP) is 4.14. The molecule has 1 aromatic carbocycles. The summed E-state index contributed by atoms with van der Waals surface area (Å²) in [5.74, 6) is 1.56. The fourth-order valence-corrected chi connectivity index (χ4v) is 2.95. The van der Waals surface area contributed by atoms with Gasteiger partial charge in [0.1, 0.15) is 12.2 Å². The summed E-state index contributed by atoms with van der Waals surface area (Å²) in [6.07, 6.45) is 4.64. The van der Waals surface area contributed by atoms with Crippen LogP contribution in [0.25, 0.3) is 0 Å². The van der Waals surface area contributed by atoms with Gasteiger partial charge in [-0.25, -0.2) is 4.98 Å². The molecule has 1 unspecified atom stereocenters. The van der Waals surface area contributed by atoms with Crippen molar-refractivity contribution in [1.82, 2.24) is 14.8 Å². The zero-order chi connectivity index (χ0) is 14.4. The SMILES string of the molecule is CCCn1ncnc1CC(CBr)Cc1cccc(Cl)c1. The normalized spacial score (nSPS) is 12.6. The van der Waals surface area contributed by atoms with Crippen molar-refractivity contribution < 1.29 is 0 Å². The zero-order valence-corrected chi connectivity index (χ0v) is 13.9. The van der Waals surface area contributed by atoms with Crippen LogP contribution in [0.5, 0.6) is 0 Å². The van der Waals surface area contributed by atoms with E-state index in [2.05, 4.69) is 39.0 Å². The minimum absolute atomic E-state index is 0.494. The van der Waals surface area contributed by atoms with Gasteiger partial charge < -0.3 is 0 Å². The number of aryl methyl sites for hydroxylation is 1. The number of rotatable bonds is 7. The molecule has 2 aromatic rings. The van der Waals surface area contributed by atoms with Crippen LogP contribution in [0.1, 0.15) is 24.7 Å². The average Bonchev–Trinajstić information content (AvgIpc) is 2.86. The lowest BCUT2D eigenvalue weighted by atomic mass is 9.98. The van der Waals surface area contributed by atoms with Gasteiger partial charge >= 0.3 is 0 Å². The molecule has 0 saturated heterocycles. The van der Waals surface area contributed by atoms with Crippen molar-refractivity contribution in [3.63, 3.8) is 0 Å². The summed E-state index contributed by atoms with van der Waals surface area (Å²) in [6.45, 7) is 3.08. The van der Waals surface area contributed by atoms with Gasteiger partial charge in [0.2, 0.25) is 0 Å². The number of benzene rings is 1.